The Bertz CT molecular complexity index is 142. The van der Waals surface area contributed by atoms with Gasteiger partial charge in [-0.15, -0.1) is 0 Å². The standard InChI is InChI=1S/C10H20N2O/c1-2-12(9-7-11)8-5-3-4-6-10-13/h13H,2-6,8-10H2,1H3. The number of unbranched alkanes of at least 4 members (excludes halogenated alkanes) is 3. The fourth-order valence-corrected chi connectivity index (χ4v) is 1.25. The number of aliphatic hydroxyl groups excluding tert-OH is 1. The summed E-state index contributed by atoms with van der Waals surface area (Å²) in [6.45, 7) is 4.88. The average molecular weight is 184 g/mol. The van der Waals surface area contributed by atoms with Crippen molar-refractivity contribution in [2.24, 2.45) is 0 Å². The van der Waals surface area contributed by atoms with Crippen molar-refractivity contribution in [3.8, 4) is 6.07 Å². The molecule has 0 saturated heterocycles. The molecule has 0 aliphatic heterocycles. The van der Waals surface area contributed by atoms with Crippen LogP contribution in [0.25, 0.3) is 0 Å². The van der Waals surface area contributed by atoms with E-state index in [1.165, 1.54) is 0 Å². The molecule has 1 N–H and O–H groups in total. The first-order chi connectivity index (χ1) is 6.35. The Morgan fingerprint density at radius 1 is 1.23 bits per heavy atom. The van der Waals surface area contributed by atoms with Crippen molar-refractivity contribution >= 4 is 0 Å². The number of hydrogen-bond donors (Lipinski definition) is 1. The molecule has 0 heterocycles. The van der Waals surface area contributed by atoms with Gasteiger partial charge in [-0.2, -0.15) is 5.26 Å². The molecule has 0 amide bonds. The summed E-state index contributed by atoms with van der Waals surface area (Å²) < 4.78 is 0. The van der Waals surface area contributed by atoms with Gasteiger partial charge in [-0.1, -0.05) is 19.8 Å². The van der Waals surface area contributed by atoms with Crippen LogP contribution in [0.2, 0.25) is 0 Å². The van der Waals surface area contributed by atoms with E-state index in [9.17, 15) is 0 Å². The molecule has 0 unspecified atom stereocenters. The van der Waals surface area contributed by atoms with Gasteiger partial charge in [0, 0.05) is 6.61 Å². The van der Waals surface area contributed by atoms with Crippen LogP contribution in [-0.2, 0) is 0 Å². The maximum Gasteiger partial charge on any atom is 0.0865 e. The lowest BCUT2D eigenvalue weighted by atomic mass is 10.2. The zero-order valence-electron chi connectivity index (χ0n) is 8.50. The van der Waals surface area contributed by atoms with Crippen LogP contribution in [0, 0.1) is 11.3 Å². The van der Waals surface area contributed by atoms with E-state index in [1.54, 1.807) is 0 Å². The summed E-state index contributed by atoms with van der Waals surface area (Å²) in [6, 6.07) is 2.16. The largest absolute Gasteiger partial charge is 0.396 e. The van der Waals surface area contributed by atoms with Crippen molar-refractivity contribution in [3.05, 3.63) is 0 Å². The Morgan fingerprint density at radius 3 is 2.46 bits per heavy atom. The van der Waals surface area contributed by atoms with Crippen LogP contribution in [0.15, 0.2) is 0 Å². The van der Waals surface area contributed by atoms with Crippen LogP contribution in [0.1, 0.15) is 32.6 Å². The van der Waals surface area contributed by atoms with Crippen LogP contribution >= 0.6 is 0 Å². The Morgan fingerprint density at radius 2 is 1.92 bits per heavy atom. The van der Waals surface area contributed by atoms with Gasteiger partial charge in [-0.3, -0.25) is 4.90 Å². The van der Waals surface area contributed by atoms with Gasteiger partial charge in [0.25, 0.3) is 0 Å². The summed E-state index contributed by atoms with van der Waals surface area (Å²) >= 11 is 0. The highest BCUT2D eigenvalue weighted by molar-refractivity contribution is 4.75. The molecular weight excluding hydrogens is 164 g/mol. The molecule has 0 aliphatic rings. The lowest BCUT2D eigenvalue weighted by Gasteiger charge is -2.15. The number of nitrogens with zero attached hydrogens (tertiary/aromatic N) is 2. The predicted octanol–water partition coefficient (Wildman–Crippen LogP) is 1.38. The molecule has 0 aliphatic carbocycles. The fraction of sp³-hybridized carbons (Fsp3) is 0.900. The van der Waals surface area contributed by atoms with Crippen LogP contribution in [0.3, 0.4) is 0 Å². The topological polar surface area (TPSA) is 47.3 Å². The number of nitriles is 1. The maximum atomic E-state index is 8.55. The first-order valence-corrected chi connectivity index (χ1v) is 5.05. The molecule has 0 atom stereocenters. The first kappa shape index (κ1) is 12.4. The minimum atomic E-state index is 0.301. The summed E-state index contributed by atoms with van der Waals surface area (Å²) in [7, 11) is 0. The van der Waals surface area contributed by atoms with E-state index in [0.29, 0.717) is 13.2 Å². The molecule has 13 heavy (non-hydrogen) atoms. The van der Waals surface area contributed by atoms with Crippen molar-refractivity contribution in [2.75, 3.05) is 26.2 Å². The summed E-state index contributed by atoms with van der Waals surface area (Å²) in [4.78, 5) is 2.14. The van der Waals surface area contributed by atoms with Gasteiger partial charge in [0.2, 0.25) is 0 Å². The Balaban J connectivity index is 3.23. The van der Waals surface area contributed by atoms with E-state index in [2.05, 4.69) is 17.9 Å². The van der Waals surface area contributed by atoms with E-state index in [0.717, 1.165) is 38.8 Å². The van der Waals surface area contributed by atoms with Gasteiger partial charge in [-0.25, -0.2) is 0 Å². The molecule has 0 rings (SSSR count). The predicted molar refractivity (Wildman–Crippen MR) is 53.3 cm³/mol. The summed E-state index contributed by atoms with van der Waals surface area (Å²) in [5, 5.41) is 17.0. The van der Waals surface area contributed by atoms with Crippen molar-refractivity contribution in [3.63, 3.8) is 0 Å². The minimum Gasteiger partial charge on any atom is -0.396 e. The van der Waals surface area contributed by atoms with Crippen LogP contribution in [0.5, 0.6) is 0 Å². The van der Waals surface area contributed by atoms with Gasteiger partial charge in [0.15, 0.2) is 0 Å². The molecular formula is C10H20N2O. The zero-order valence-corrected chi connectivity index (χ0v) is 8.50. The molecule has 0 saturated carbocycles. The maximum absolute atomic E-state index is 8.55. The third-order valence-corrected chi connectivity index (χ3v) is 2.12. The van der Waals surface area contributed by atoms with E-state index in [1.807, 2.05) is 0 Å². The SMILES string of the molecule is CCN(CC#N)CCCCCCO. The molecule has 0 spiro atoms. The molecule has 0 aromatic heterocycles. The van der Waals surface area contributed by atoms with Gasteiger partial charge in [0.05, 0.1) is 12.6 Å². The Hall–Kier alpha value is -0.590. The quantitative estimate of drug-likeness (QED) is 0.458. The van der Waals surface area contributed by atoms with Crippen molar-refractivity contribution in [2.45, 2.75) is 32.6 Å². The Kier molecular flexibility index (Phi) is 9.07. The summed E-state index contributed by atoms with van der Waals surface area (Å²) in [5.41, 5.74) is 0. The molecule has 0 fully saturated rings. The number of rotatable bonds is 8. The second kappa shape index (κ2) is 9.50. The van der Waals surface area contributed by atoms with Gasteiger partial charge >= 0.3 is 0 Å². The minimum absolute atomic E-state index is 0.301. The molecule has 0 aromatic carbocycles. The molecule has 0 bridgehead atoms. The van der Waals surface area contributed by atoms with Crippen LogP contribution < -0.4 is 0 Å². The second-order valence-electron chi connectivity index (χ2n) is 3.16. The molecule has 76 valence electrons. The highest BCUT2D eigenvalue weighted by atomic mass is 16.2. The second-order valence-corrected chi connectivity index (χ2v) is 3.16. The average Bonchev–Trinajstić information content (AvgIpc) is 2.16. The Labute approximate surface area is 81.0 Å². The van der Waals surface area contributed by atoms with E-state index >= 15 is 0 Å². The first-order valence-electron chi connectivity index (χ1n) is 5.05. The molecule has 3 heteroatoms. The molecule has 0 radical (unpaired) electrons. The smallest absolute Gasteiger partial charge is 0.0865 e. The summed E-state index contributed by atoms with van der Waals surface area (Å²) in [6.07, 6.45) is 4.29. The van der Waals surface area contributed by atoms with E-state index in [4.69, 9.17) is 10.4 Å². The highest BCUT2D eigenvalue weighted by Gasteiger charge is 1.99. The lowest BCUT2D eigenvalue weighted by Crippen LogP contribution is -2.24. The highest BCUT2D eigenvalue weighted by Crippen LogP contribution is 2.00. The fourth-order valence-electron chi connectivity index (χ4n) is 1.25. The third-order valence-electron chi connectivity index (χ3n) is 2.12. The normalized spacial score (nSPS) is 10.3. The monoisotopic (exact) mass is 184 g/mol. The molecule has 0 aromatic rings. The van der Waals surface area contributed by atoms with Gasteiger partial charge in [0.1, 0.15) is 0 Å². The van der Waals surface area contributed by atoms with Crippen LogP contribution in [-0.4, -0.2) is 36.2 Å². The van der Waals surface area contributed by atoms with Crippen LogP contribution in [0.4, 0.5) is 0 Å². The summed E-state index contributed by atoms with van der Waals surface area (Å²) in [5.74, 6) is 0. The number of hydrogen-bond acceptors (Lipinski definition) is 3. The zero-order chi connectivity index (χ0) is 9.94. The van der Waals surface area contributed by atoms with E-state index < -0.39 is 0 Å². The molecule has 3 nitrogen and oxygen atoms in total. The van der Waals surface area contributed by atoms with E-state index in [-0.39, 0.29) is 0 Å². The third kappa shape index (κ3) is 7.76. The van der Waals surface area contributed by atoms with Gasteiger partial charge in [-0.05, 0) is 25.9 Å². The van der Waals surface area contributed by atoms with Crippen molar-refractivity contribution < 1.29 is 5.11 Å². The lowest BCUT2D eigenvalue weighted by molar-refractivity contribution is 0.276. The van der Waals surface area contributed by atoms with Gasteiger partial charge < -0.3 is 5.11 Å². The van der Waals surface area contributed by atoms with Crippen molar-refractivity contribution in [1.82, 2.24) is 4.90 Å². The van der Waals surface area contributed by atoms with Crippen molar-refractivity contribution in [1.29, 1.82) is 5.26 Å². The number of aliphatic hydroxyl groups is 1.